The standard InChI is InChI=1S/C9H9ClN2.C2H6/c1-6-3-8-5-11-7(2)12(8)9(10)4-6;1-2/h3-5H,1-2H3;1-2H3. The van der Waals surface area contributed by atoms with E-state index >= 15 is 0 Å². The van der Waals surface area contributed by atoms with E-state index in [0.29, 0.717) is 0 Å². The lowest BCUT2D eigenvalue weighted by molar-refractivity contribution is 1.04. The summed E-state index contributed by atoms with van der Waals surface area (Å²) in [7, 11) is 0. The van der Waals surface area contributed by atoms with Crippen molar-refractivity contribution in [2.45, 2.75) is 27.7 Å². The van der Waals surface area contributed by atoms with Crippen molar-refractivity contribution in [3.05, 3.63) is 34.9 Å². The first-order valence-corrected chi connectivity index (χ1v) is 5.16. The molecule has 0 unspecified atom stereocenters. The van der Waals surface area contributed by atoms with E-state index in [4.69, 9.17) is 11.6 Å². The summed E-state index contributed by atoms with van der Waals surface area (Å²) in [5.74, 6) is 0.926. The first kappa shape index (κ1) is 11.1. The molecule has 76 valence electrons. The second kappa shape index (κ2) is 4.47. The zero-order valence-electron chi connectivity index (χ0n) is 9.00. The number of imidazole rings is 1. The van der Waals surface area contributed by atoms with E-state index in [9.17, 15) is 0 Å². The Morgan fingerprint density at radius 2 is 1.86 bits per heavy atom. The Kier molecular flexibility index (Phi) is 3.53. The fourth-order valence-corrected chi connectivity index (χ4v) is 1.76. The molecule has 0 radical (unpaired) electrons. The summed E-state index contributed by atoms with van der Waals surface area (Å²) in [5.41, 5.74) is 2.21. The van der Waals surface area contributed by atoms with Crippen molar-refractivity contribution < 1.29 is 0 Å². The molecule has 0 aliphatic rings. The first-order valence-electron chi connectivity index (χ1n) is 4.78. The molecule has 0 aromatic carbocycles. The van der Waals surface area contributed by atoms with Crippen LogP contribution in [0.5, 0.6) is 0 Å². The molecule has 2 nitrogen and oxygen atoms in total. The van der Waals surface area contributed by atoms with Crippen LogP contribution >= 0.6 is 11.6 Å². The van der Waals surface area contributed by atoms with Gasteiger partial charge in [-0.3, -0.25) is 4.40 Å². The zero-order chi connectivity index (χ0) is 10.7. The topological polar surface area (TPSA) is 17.3 Å². The van der Waals surface area contributed by atoms with E-state index in [1.54, 1.807) is 0 Å². The number of aromatic nitrogens is 2. The van der Waals surface area contributed by atoms with Crippen LogP contribution in [0.25, 0.3) is 5.52 Å². The number of halogens is 1. The molecule has 2 heterocycles. The highest BCUT2D eigenvalue weighted by atomic mass is 35.5. The van der Waals surface area contributed by atoms with Gasteiger partial charge < -0.3 is 0 Å². The van der Waals surface area contributed by atoms with Crippen LogP contribution in [0.15, 0.2) is 18.3 Å². The molecule has 0 aliphatic heterocycles. The largest absolute Gasteiger partial charge is 0.287 e. The van der Waals surface area contributed by atoms with E-state index < -0.39 is 0 Å². The summed E-state index contributed by atoms with van der Waals surface area (Å²) in [6.45, 7) is 7.96. The summed E-state index contributed by atoms with van der Waals surface area (Å²) >= 11 is 6.03. The molecule has 0 bridgehead atoms. The molecule has 2 rings (SSSR count). The minimum Gasteiger partial charge on any atom is -0.287 e. The zero-order valence-corrected chi connectivity index (χ0v) is 9.76. The molecule has 0 atom stereocenters. The molecule has 0 N–H and O–H groups in total. The molecular formula is C11H15ClN2. The van der Waals surface area contributed by atoms with Crippen LogP contribution in [-0.2, 0) is 0 Å². The van der Waals surface area contributed by atoms with E-state index in [1.807, 2.05) is 44.4 Å². The Hall–Kier alpha value is -1.02. The quantitative estimate of drug-likeness (QED) is 0.607. The summed E-state index contributed by atoms with van der Waals surface area (Å²) in [4.78, 5) is 4.18. The van der Waals surface area contributed by atoms with Gasteiger partial charge in [-0.15, -0.1) is 0 Å². The molecular weight excluding hydrogens is 196 g/mol. The Morgan fingerprint density at radius 1 is 1.21 bits per heavy atom. The van der Waals surface area contributed by atoms with Crippen LogP contribution in [0.3, 0.4) is 0 Å². The maximum atomic E-state index is 6.03. The second-order valence-corrected chi connectivity index (χ2v) is 3.31. The first-order chi connectivity index (χ1) is 6.68. The number of aryl methyl sites for hydroxylation is 2. The number of hydrogen-bond acceptors (Lipinski definition) is 1. The minimum atomic E-state index is 0.722. The number of fused-ring (bicyclic) bond motifs is 1. The average molecular weight is 211 g/mol. The lowest BCUT2D eigenvalue weighted by Crippen LogP contribution is -1.90. The van der Waals surface area contributed by atoms with Gasteiger partial charge in [0.1, 0.15) is 11.0 Å². The van der Waals surface area contributed by atoms with Crippen molar-refractivity contribution in [3.63, 3.8) is 0 Å². The number of hydrogen-bond donors (Lipinski definition) is 0. The second-order valence-electron chi connectivity index (χ2n) is 2.92. The number of rotatable bonds is 0. The van der Waals surface area contributed by atoms with Crippen molar-refractivity contribution in [1.29, 1.82) is 0 Å². The maximum absolute atomic E-state index is 6.03. The molecule has 2 aromatic heterocycles. The van der Waals surface area contributed by atoms with E-state index in [-0.39, 0.29) is 0 Å². The SMILES string of the molecule is CC.Cc1cc(Cl)n2c(C)ncc2c1. The third-order valence-electron chi connectivity index (χ3n) is 1.90. The summed E-state index contributed by atoms with van der Waals surface area (Å²) in [6, 6.07) is 4.00. The van der Waals surface area contributed by atoms with Gasteiger partial charge in [-0.1, -0.05) is 25.4 Å². The van der Waals surface area contributed by atoms with Crippen molar-refractivity contribution in [3.8, 4) is 0 Å². The van der Waals surface area contributed by atoms with Gasteiger partial charge in [0.15, 0.2) is 0 Å². The van der Waals surface area contributed by atoms with Crippen molar-refractivity contribution >= 4 is 17.1 Å². The number of pyridine rings is 1. The fraction of sp³-hybridized carbons (Fsp3) is 0.364. The summed E-state index contributed by atoms with van der Waals surface area (Å²) in [5, 5.41) is 0.722. The lowest BCUT2D eigenvalue weighted by atomic mass is 10.3. The average Bonchev–Trinajstić information content (AvgIpc) is 2.51. The van der Waals surface area contributed by atoms with Crippen molar-refractivity contribution in [2.75, 3.05) is 0 Å². The normalized spacial score (nSPS) is 9.79. The molecule has 2 aromatic rings. The van der Waals surface area contributed by atoms with Gasteiger partial charge in [-0.05, 0) is 31.5 Å². The predicted molar refractivity (Wildman–Crippen MR) is 61.0 cm³/mol. The summed E-state index contributed by atoms with van der Waals surface area (Å²) < 4.78 is 1.93. The van der Waals surface area contributed by atoms with Crippen LogP contribution < -0.4 is 0 Å². The monoisotopic (exact) mass is 210 g/mol. The highest BCUT2D eigenvalue weighted by molar-refractivity contribution is 6.29. The molecule has 0 fully saturated rings. The van der Waals surface area contributed by atoms with Gasteiger partial charge in [0.25, 0.3) is 0 Å². The van der Waals surface area contributed by atoms with Crippen molar-refractivity contribution in [1.82, 2.24) is 9.38 Å². The van der Waals surface area contributed by atoms with E-state index in [1.165, 1.54) is 0 Å². The molecule has 0 saturated carbocycles. The van der Waals surface area contributed by atoms with Crippen LogP contribution in [0.2, 0.25) is 5.15 Å². The molecule has 0 aliphatic carbocycles. The van der Waals surface area contributed by atoms with Gasteiger partial charge >= 0.3 is 0 Å². The van der Waals surface area contributed by atoms with Gasteiger partial charge in [-0.2, -0.15) is 0 Å². The Balaban J connectivity index is 0.000000461. The highest BCUT2D eigenvalue weighted by Gasteiger charge is 2.02. The molecule has 14 heavy (non-hydrogen) atoms. The van der Waals surface area contributed by atoms with E-state index in [0.717, 1.165) is 22.1 Å². The minimum absolute atomic E-state index is 0.722. The van der Waals surface area contributed by atoms with Gasteiger partial charge in [0.2, 0.25) is 0 Å². The van der Waals surface area contributed by atoms with Crippen LogP contribution in [-0.4, -0.2) is 9.38 Å². The van der Waals surface area contributed by atoms with Crippen LogP contribution in [0.1, 0.15) is 25.2 Å². The Morgan fingerprint density at radius 3 is 2.50 bits per heavy atom. The van der Waals surface area contributed by atoms with Crippen LogP contribution in [0, 0.1) is 13.8 Å². The maximum Gasteiger partial charge on any atom is 0.115 e. The smallest absolute Gasteiger partial charge is 0.115 e. The van der Waals surface area contributed by atoms with Gasteiger partial charge in [-0.25, -0.2) is 4.98 Å². The molecule has 0 saturated heterocycles. The van der Waals surface area contributed by atoms with Crippen molar-refractivity contribution in [2.24, 2.45) is 0 Å². The Bertz CT molecular complexity index is 432. The van der Waals surface area contributed by atoms with Gasteiger partial charge in [0.05, 0.1) is 11.7 Å². The molecule has 0 spiro atoms. The number of nitrogens with zero attached hydrogens (tertiary/aromatic N) is 2. The summed E-state index contributed by atoms with van der Waals surface area (Å²) in [6.07, 6.45) is 1.83. The van der Waals surface area contributed by atoms with Crippen LogP contribution in [0.4, 0.5) is 0 Å². The predicted octanol–water partition coefficient (Wildman–Crippen LogP) is 3.63. The third-order valence-corrected chi connectivity index (χ3v) is 2.18. The highest BCUT2D eigenvalue weighted by Crippen LogP contribution is 2.17. The Labute approximate surface area is 89.5 Å². The lowest BCUT2D eigenvalue weighted by Gasteiger charge is -2.00. The van der Waals surface area contributed by atoms with Gasteiger partial charge in [0, 0.05) is 0 Å². The molecule has 3 heteroatoms. The fourth-order valence-electron chi connectivity index (χ4n) is 1.37. The third kappa shape index (κ3) is 1.90. The van der Waals surface area contributed by atoms with E-state index in [2.05, 4.69) is 11.1 Å². The molecule has 0 amide bonds.